The van der Waals surface area contributed by atoms with Crippen LogP contribution in [0.4, 0.5) is 11.4 Å². The van der Waals surface area contributed by atoms with Gasteiger partial charge in [0.25, 0.3) is 4.92 Å². The molecular formula is C12H18N5O3+. The van der Waals surface area contributed by atoms with E-state index in [0.717, 1.165) is 38.2 Å². The number of aromatic nitrogens is 2. The number of fused-ring (bicyclic) bond motifs is 1. The first kappa shape index (κ1) is 14.2. The maximum atomic E-state index is 11.0. The Kier molecular flexibility index (Phi) is 4.83. The van der Waals surface area contributed by atoms with Gasteiger partial charge in [0.2, 0.25) is 5.52 Å². The maximum Gasteiger partial charge on any atom is 0.347 e. The molecule has 0 aliphatic carbocycles. The molecule has 0 saturated heterocycles. The fraction of sp³-hybridized carbons (Fsp3) is 0.500. The monoisotopic (exact) mass is 280 g/mol. The van der Waals surface area contributed by atoms with Gasteiger partial charge in [-0.2, -0.15) is 0 Å². The largest absolute Gasteiger partial charge is 0.383 e. The van der Waals surface area contributed by atoms with Crippen LogP contribution in [-0.4, -0.2) is 40.1 Å². The minimum atomic E-state index is -0.245. The number of rotatable bonds is 8. The fourth-order valence-corrected chi connectivity index (χ4v) is 1.89. The highest BCUT2D eigenvalue weighted by Gasteiger charge is 2.23. The Hall–Kier alpha value is -2.22. The summed E-state index contributed by atoms with van der Waals surface area (Å²) in [6.45, 7) is 4.84. The molecule has 8 heteroatoms. The van der Waals surface area contributed by atoms with Crippen LogP contribution in [0.3, 0.4) is 0 Å². The zero-order chi connectivity index (χ0) is 14.4. The molecular weight excluding hydrogens is 262 g/mol. The Morgan fingerprint density at radius 2 is 2.05 bits per heavy atom. The summed E-state index contributed by atoms with van der Waals surface area (Å²) in [5.41, 5.74) is 1.40. The summed E-state index contributed by atoms with van der Waals surface area (Å²) in [5, 5.41) is 22.9. The predicted octanol–water partition coefficient (Wildman–Crippen LogP) is 1.82. The molecule has 20 heavy (non-hydrogen) atoms. The smallest absolute Gasteiger partial charge is 0.347 e. The van der Waals surface area contributed by atoms with Crippen molar-refractivity contribution in [2.24, 2.45) is 0 Å². The highest BCUT2D eigenvalue weighted by atomic mass is 16.6. The topological polar surface area (TPSA) is 103 Å². The zero-order valence-corrected chi connectivity index (χ0v) is 11.3. The van der Waals surface area contributed by atoms with Crippen molar-refractivity contribution >= 4 is 22.4 Å². The molecule has 1 aromatic heterocycles. The average Bonchev–Trinajstić information content (AvgIpc) is 2.91. The molecule has 2 aromatic rings. The highest BCUT2D eigenvalue weighted by molar-refractivity contribution is 5.93. The van der Waals surface area contributed by atoms with Crippen molar-refractivity contribution in [2.45, 2.75) is 19.8 Å². The third kappa shape index (κ3) is 3.21. The van der Waals surface area contributed by atoms with E-state index >= 15 is 0 Å². The lowest BCUT2D eigenvalue weighted by Crippen LogP contribution is -2.18. The first-order valence-electron chi connectivity index (χ1n) is 6.60. The van der Waals surface area contributed by atoms with E-state index < -0.39 is 0 Å². The Labute approximate surface area is 115 Å². The second-order valence-electron chi connectivity index (χ2n) is 4.40. The van der Waals surface area contributed by atoms with E-state index in [4.69, 9.17) is 5.21 Å². The molecule has 3 N–H and O–H groups in total. The minimum Gasteiger partial charge on any atom is -0.383 e. The van der Waals surface area contributed by atoms with Gasteiger partial charge in [0.15, 0.2) is 5.52 Å². The van der Waals surface area contributed by atoms with Crippen molar-refractivity contribution in [3.63, 3.8) is 0 Å². The van der Waals surface area contributed by atoms with Crippen molar-refractivity contribution in [1.82, 2.24) is 15.6 Å². The molecule has 2 rings (SSSR count). The maximum absolute atomic E-state index is 11.0. The fourth-order valence-electron chi connectivity index (χ4n) is 1.89. The molecule has 1 heterocycles. The van der Waals surface area contributed by atoms with Crippen LogP contribution < -0.4 is 10.6 Å². The number of hydrogen-bond donors (Lipinski definition) is 3. The number of hydrogen-bond acceptors (Lipinski definition) is 6. The van der Waals surface area contributed by atoms with Crippen LogP contribution in [0.5, 0.6) is 0 Å². The van der Waals surface area contributed by atoms with Crippen LogP contribution in [0.25, 0.3) is 11.0 Å². The number of benzene rings is 1. The lowest BCUT2D eigenvalue weighted by atomic mass is 10.2. The van der Waals surface area contributed by atoms with Crippen molar-refractivity contribution in [3.05, 3.63) is 17.0 Å². The third-order valence-corrected chi connectivity index (χ3v) is 2.87. The highest BCUT2D eigenvalue weighted by Crippen LogP contribution is 2.28. The summed E-state index contributed by atoms with van der Waals surface area (Å²) in [5.74, 6) is 0. The van der Waals surface area contributed by atoms with E-state index in [1.54, 1.807) is 6.07 Å². The van der Waals surface area contributed by atoms with E-state index in [0.29, 0.717) is 5.52 Å². The molecule has 108 valence electrons. The number of nitrogens with one attached hydrogen (secondary N) is 2. The molecule has 0 unspecified atom stereocenters. The third-order valence-electron chi connectivity index (χ3n) is 2.87. The van der Waals surface area contributed by atoms with Crippen LogP contribution in [0, 0.1) is 4.91 Å². The molecule has 0 fully saturated rings. The Morgan fingerprint density at radius 3 is 2.80 bits per heavy atom. The lowest BCUT2D eigenvalue weighted by molar-refractivity contribution is -0.728. The summed E-state index contributed by atoms with van der Waals surface area (Å²) in [4.78, 5) is 10.7. The van der Waals surface area contributed by atoms with E-state index in [1.165, 1.54) is 6.07 Å². The van der Waals surface area contributed by atoms with E-state index in [1.807, 2.05) is 0 Å². The molecule has 0 aliphatic rings. The molecule has 0 saturated carbocycles. The second kappa shape index (κ2) is 6.80. The van der Waals surface area contributed by atoms with Gasteiger partial charge in [-0.25, -0.2) is 9.84 Å². The van der Waals surface area contributed by atoms with Crippen molar-refractivity contribution < 1.29 is 14.8 Å². The van der Waals surface area contributed by atoms with Crippen LogP contribution >= 0.6 is 0 Å². The summed E-state index contributed by atoms with van der Waals surface area (Å²) in [6, 6.07) is 3.14. The number of nitrogens with zero attached hydrogens (tertiary/aromatic N) is 3. The molecule has 0 bridgehead atoms. The van der Waals surface area contributed by atoms with Crippen molar-refractivity contribution in [2.75, 3.05) is 25.0 Å². The second-order valence-corrected chi connectivity index (χ2v) is 4.40. The SMILES string of the molecule is CCCNCCCNc1ccc([N+](=O)O)c2nonc12. The standard InChI is InChI=1S/C12H18N5O3/c1-2-6-13-7-3-8-14-9-4-5-10(17(18)19)12-11(9)15-20-16-12/h4-5,13-14H,2-3,6-8H2,1H3,(H,18,19)/q+1. The van der Waals surface area contributed by atoms with Gasteiger partial charge in [0.1, 0.15) is 0 Å². The van der Waals surface area contributed by atoms with E-state index in [-0.39, 0.29) is 16.1 Å². The van der Waals surface area contributed by atoms with Gasteiger partial charge in [-0.3, -0.25) is 0 Å². The van der Waals surface area contributed by atoms with Crippen LogP contribution in [0.2, 0.25) is 0 Å². The molecule has 0 atom stereocenters. The molecule has 1 aromatic carbocycles. The van der Waals surface area contributed by atoms with Gasteiger partial charge in [0, 0.05) is 12.6 Å². The predicted molar refractivity (Wildman–Crippen MR) is 73.1 cm³/mol. The minimum absolute atomic E-state index is 0.0106. The first-order valence-corrected chi connectivity index (χ1v) is 6.60. The summed E-state index contributed by atoms with van der Waals surface area (Å²) >= 11 is 0. The summed E-state index contributed by atoms with van der Waals surface area (Å²) in [7, 11) is 0. The molecule has 0 aliphatic heterocycles. The van der Waals surface area contributed by atoms with Crippen molar-refractivity contribution in [1.29, 1.82) is 0 Å². The van der Waals surface area contributed by atoms with E-state index in [2.05, 4.69) is 32.5 Å². The Bertz CT molecular complexity index is 583. The summed E-state index contributed by atoms with van der Waals surface area (Å²) in [6.07, 6.45) is 2.08. The average molecular weight is 280 g/mol. The first-order chi connectivity index (χ1) is 9.74. The zero-order valence-electron chi connectivity index (χ0n) is 11.3. The van der Waals surface area contributed by atoms with Gasteiger partial charge < -0.3 is 10.6 Å². The molecule has 0 radical (unpaired) electrons. The molecule has 8 nitrogen and oxygen atoms in total. The van der Waals surface area contributed by atoms with Crippen molar-refractivity contribution in [3.8, 4) is 0 Å². The Morgan fingerprint density at radius 1 is 1.25 bits per heavy atom. The Balaban J connectivity index is 1.99. The van der Waals surface area contributed by atoms with Gasteiger partial charge in [-0.1, -0.05) is 6.92 Å². The van der Waals surface area contributed by atoms with Crippen LogP contribution in [0.15, 0.2) is 16.8 Å². The normalized spacial score (nSPS) is 10.8. The quantitative estimate of drug-likeness (QED) is 0.500. The van der Waals surface area contributed by atoms with Gasteiger partial charge in [-0.05, 0) is 42.3 Å². The van der Waals surface area contributed by atoms with Gasteiger partial charge in [0.05, 0.1) is 10.6 Å². The lowest BCUT2D eigenvalue weighted by Gasteiger charge is -2.06. The molecule has 0 spiro atoms. The van der Waals surface area contributed by atoms with Crippen LogP contribution in [-0.2, 0) is 0 Å². The van der Waals surface area contributed by atoms with Gasteiger partial charge >= 0.3 is 5.69 Å². The van der Waals surface area contributed by atoms with Crippen LogP contribution in [0.1, 0.15) is 19.8 Å². The van der Waals surface area contributed by atoms with E-state index in [9.17, 15) is 4.91 Å². The number of anilines is 1. The van der Waals surface area contributed by atoms with Gasteiger partial charge in [-0.15, -0.1) is 0 Å². The summed E-state index contributed by atoms with van der Waals surface area (Å²) < 4.78 is 4.63. The molecule has 0 amide bonds.